The van der Waals surface area contributed by atoms with Crippen LogP contribution in [0, 0.1) is 0 Å². The van der Waals surface area contributed by atoms with E-state index in [0.717, 1.165) is 25.7 Å². The van der Waals surface area contributed by atoms with E-state index >= 15 is 0 Å². The molecule has 0 saturated heterocycles. The highest BCUT2D eigenvalue weighted by atomic mass is 16.5. The lowest BCUT2D eigenvalue weighted by Gasteiger charge is -2.36. The van der Waals surface area contributed by atoms with Gasteiger partial charge in [0.1, 0.15) is 11.4 Å². The Balaban J connectivity index is 2.33. The van der Waals surface area contributed by atoms with E-state index in [0.29, 0.717) is 17.1 Å². The summed E-state index contributed by atoms with van der Waals surface area (Å²) in [5.41, 5.74) is 6.42. The number of nitrogen functional groups attached to an aromatic ring is 1. The van der Waals surface area contributed by atoms with Crippen LogP contribution >= 0.6 is 0 Å². The third-order valence-corrected chi connectivity index (χ3v) is 3.82. The number of likely N-dealkylation sites (N-methyl/N-ethyl adjacent to an activating group) is 1. The topological polar surface area (TPSA) is 88.7 Å². The number of carbonyl (C=O) groups excluding carboxylic acids is 1. The van der Waals surface area contributed by atoms with Crippen molar-refractivity contribution in [3.8, 4) is 0 Å². The molecule has 1 aromatic heterocycles. The van der Waals surface area contributed by atoms with E-state index in [1.807, 2.05) is 11.9 Å². The fourth-order valence-electron chi connectivity index (χ4n) is 2.72. The van der Waals surface area contributed by atoms with Gasteiger partial charge in [-0.3, -0.25) is 0 Å². The van der Waals surface area contributed by atoms with Crippen molar-refractivity contribution in [1.82, 2.24) is 4.98 Å². The Morgan fingerprint density at radius 3 is 2.85 bits per heavy atom. The lowest BCUT2D eigenvalue weighted by atomic mass is 9.91. The number of nitrogens with zero attached hydrogens (tertiary/aromatic N) is 2. The van der Waals surface area contributed by atoms with Crippen molar-refractivity contribution >= 4 is 17.5 Å². The Bertz CT molecular complexity index is 493. The number of esters is 1. The first-order valence-electron chi connectivity index (χ1n) is 6.79. The second-order valence-electron chi connectivity index (χ2n) is 5.16. The predicted octanol–water partition coefficient (Wildman–Crippen LogP) is 1.19. The highest BCUT2D eigenvalue weighted by Gasteiger charge is 2.29. The summed E-state index contributed by atoms with van der Waals surface area (Å²) in [6, 6.07) is 1.52. The van der Waals surface area contributed by atoms with Crippen LogP contribution in [0.1, 0.15) is 36.0 Å². The van der Waals surface area contributed by atoms with E-state index in [-0.39, 0.29) is 6.04 Å². The van der Waals surface area contributed by atoms with Crippen LogP contribution in [-0.4, -0.2) is 42.4 Å². The maximum Gasteiger partial charge on any atom is 0.341 e. The van der Waals surface area contributed by atoms with Crippen LogP contribution in [0.5, 0.6) is 0 Å². The van der Waals surface area contributed by atoms with Gasteiger partial charge in [-0.25, -0.2) is 9.78 Å². The van der Waals surface area contributed by atoms with Gasteiger partial charge in [0.15, 0.2) is 0 Å². The summed E-state index contributed by atoms with van der Waals surface area (Å²) in [7, 11) is 3.16. The lowest BCUT2D eigenvalue weighted by molar-refractivity contribution is 0.0599. The molecule has 1 heterocycles. The molecular weight excluding hydrogens is 258 g/mol. The molecule has 1 aromatic rings. The van der Waals surface area contributed by atoms with Crippen molar-refractivity contribution in [2.75, 3.05) is 24.8 Å². The van der Waals surface area contributed by atoms with E-state index in [1.165, 1.54) is 13.3 Å². The predicted molar refractivity (Wildman–Crippen MR) is 76.7 cm³/mol. The molecule has 1 fully saturated rings. The number of hydrogen-bond acceptors (Lipinski definition) is 6. The zero-order chi connectivity index (χ0) is 14.7. The normalized spacial score (nSPS) is 22.4. The minimum atomic E-state index is -0.475. The summed E-state index contributed by atoms with van der Waals surface area (Å²) in [4.78, 5) is 18.0. The fraction of sp³-hybridized carbons (Fsp3) is 0.571. The van der Waals surface area contributed by atoms with Gasteiger partial charge in [-0.15, -0.1) is 0 Å². The molecular formula is C14H21N3O3. The highest BCUT2D eigenvalue weighted by Crippen LogP contribution is 2.28. The zero-order valence-corrected chi connectivity index (χ0v) is 11.9. The standard InChI is InChI=1S/C14H21N3O3/c1-17(11-5-3-4-6-12(11)18)13-10(14(19)20-2)7-9(15)8-16-13/h7-8,11-12,18H,3-6,15H2,1-2H3. The van der Waals surface area contributed by atoms with Gasteiger partial charge in [0.25, 0.3) is 0 Å². The molecule has 6 heteroatoms. The minimum Gasteiger partial charge on any atom is -0.465 e. The molecule has 1 aliphatic rings. The molecule has 2 rings (SSSR count). The molecule has 1 aliphatic carbocycles. The molecule has 2 atom stereocenters. The number of pyridine rings is 1. The number of anilines is 2. The summed E-state index contributed by atoms with van der Waals surface area (Å²) in [5.74, 6) is 0.0222. The van der Waals surface area contributed by atoms with Crippen LogP contribution in [-0.2, 0) is 4.74 Å². The average Bonchev–Trinajstić information content (AvgIpc) is 2.46. The Labute approximate surface area is 118 Å². The van der Waals surface area contributed by atoms with Crippen LogP contribution in [0.15, 0.2) is 12.3 Å². The Morgan fingerprint density at radius 2 is 2.20 bits per heavy atom. The van der Waals surface area contributed by atoms with Gasteiger partial charge in [-0.2, -0.15) is 0 Å². The molecule has 3 N–H and O–H groups in total. The molecule has 0 radical (unpaired) electrons. The van der Waals surface area contributed by atoms with Gasteiger partial charge in [0.05, 0.1) is 31.1 Å². The molecule has 110 valence electrons. The van der Waals surface area contributed by atoms with Gasteiger partial charge in [-0.1, -0.05) is 12.8 Å². The number of ether oxygens (including phenoxy) is 1. The van der Waals surface area contributed by atoms with E-state index in [4.69, 9.17) is 10.5 Å². The molecule has 2 unspecified atom stereocenters. The maximum atomic E-state index is 11.8. The Hall–Kier alpha value is -1.82. The van der Waals surface area contributed by atoms with Gasteiger partial charge in [-0.05, 0) is 18.9 Å². The van der Waals surface area contributed by atoms with Crippen LogP contribution < -0.4 is 10.6 Å². The van der Waals surface area contributed by atoms with Gasteiger partial charge in [0, 0.05) is 7.05 Å². The number of aliphatic hydroxyl groups excluding tert-OH is 1. The first-order valence-corrected chi connectivity index (χ1v) is 6.79. The van der Waals surface area contributed by atoms with Crippen molar-refractivity contribution in [1.29, 1.82) is 0 Å². The summed E-state index contributed by atoms with van der Waals surface area (Å²) in [6.07, 6.45) is 4.85. The van der Waals surface area contributed by atoms with E-state index in [2.05, 4.69) is 4.98 Å². The zero-order valence-electron chi connectivity index (χ0n) is 11.9. The second kappa shape index (κ2) is 6.09. The molecule has 20 heavy (non-hydrogen) atoms. The quantitative estimate of drug-likeness (QED) is 0.808. The number of rotatable bonds is 3. The smallest absolute Gasteiger partial charge is 0.341 e. The fourth-order valence-corrected chi connectivity index (χ4v) is 2.72. The van der Waals surface area contributed by atoms with Crippen molar-refractivity contribution in [2.24, 2.45) is 0 Å². The Morgan fingerprint density at radius 1 is 1.50 bits per heavy atom. The number of methoxy groups -OCH3 is 1. The van der Waals surface area contributed by atoms with Crippen molar-refractivity contribution in [3.63, 3.8) is 0 Å². The molecule has 0 aliphatic heterocycles. The summed E-state index contributed by atoms with van der Waals surface area (Å²) >= 11 is 0. The lowest BCUT2D eigenvalue weighted by Crippen LogP contribution is -2.44. The third kappa shape index (κ3) is 2.85. The summed E-state index contributed by atoms with van der Waals surface area (Å²) < 4.78 is 4.77. The van der Waals surface area contributed by atoms with Crippen molar-refractivity contribution in [2.45, 2.75) is 37.8 Å². The van der Waals surface area contributed by atoms with Crippen LogP contribution in [0.3, 0.4) is 0 Å². The second-order valence-corrected chi connectivity index (χ2v) is 5.16. The van der Waals surface area contributed by atoms with E-state index < -0.39 is 12.1 Å². The van der Waals surface area contributed by atoms with E-state index in [1.54, 1.807) is 6.07 Å². The van der Waals surface area contributed by atoms with Crippen LogP contribution in [0.4, 0.5) is 11.5 Å². The minimum absolute atomic E-state index is 0.0386. The Kier molecular flexibility index (Phi) is 4.44. The first-order chi connectivity index (χ1) is 9.54. The number of carbonyl (C=O) groups is 1. The molecule has 6 nitrogen and oxygen atoms in total. The molecule has 0 aromatic carbocycles. The van der Waals surface area contributed by atoms with Crippen LogP contribution in [0.2, 0.25) is 0 Å². The van der Waals surface area contributed by atoms with Crippen LogP contribution in [0.25, 0.3) is 0 Å². The van der Waals surface area contributed by atoms with Crippen molar-refractivity contribution < 1.29 is 14.6 Å². The first kappa shape index (κ1) is 14.6. The summed E-state index contributed by atoms with van der Waals surface area (Å²) in [5, 5.41) is 10.1. The molecule has 0 bridgehead atoms. The van der Waals surface area contributed by atoms with Gasteiger partial charge < -0.3 is 20.5 Å². The van der Waals surface area contributed by atoms with Crippen molar-refractivity contribution in [3.05, 3.63) is 17.8 Å². The highest BCUT2D eigenvalue weighted by molar-refractivity contribution is 5.95. The summed E-state index contributed by atoms with van der Waals surface area (Å²) in [6.45, 7) is 0. The van der Waals surface area contributed by atoms with Gasteiger partial charge in [0.2, 0.25) is 0 Å². The average molecular weight is 279 g/mol. The number of nitrogens with two attached hydrogens (primary N) is 1. The number of aromatic nitrogens is 1. The molecule has 0 spiro atoms. The van der Waals surface area contributed by atoms with E-state index in [9.17, 15) is 9.90 Å². The van der Waals surface area contributed by atoms with Gasteiger partial charge >= 0.3 is 5.97 Å². The number of aliphatic hydroxyl groups is 1. The third-order valence-electron chi connectivity index (χ3n) is 3.82. The SMILES string of the molecule is COC(=O)c1cc(N)cnc1N(C)C1CCCCC1O. The number of hydrogen-bond donors (Lipinski definition) is 2. The molecule has 1 saturated carbocycles. The maximum absolute atomic E-state index is 11.8. The largest absolute Gasteiger partial charge is 0.465 e. The molecule has 0 amide bonds. The monoisotopic (exact) mass is 279 g/mol.